The summed E-state index contributed by atoms with van der Waals surface area (Å²) in [5.74, 6) is 1.49. The summed E-state index contributed by atoms with van der Waals surface area (Å²) in [6, 6.07) is 6.00. The van der Waals surface area contributed by atoms with Gasteiger partial charge in [-0.3, -0.25) is 9.36 Å². The Morgan fingerprint density at radius 1 is 1.25 bits per heavy atom. The van der Waals surface area contributed by atoms with E-state index in [1.54, 1.807) is 12.1 Å². The van der Waals surface area contributed by atoms with Crippen molar-refractivity contribution in [1.82, 2.24) is 20.1 Å². The second kappa shape index (κ2) is 10.7. The zero-order valence-electron chi connectivity index (χ0n) is 18.8. The minimum atomic E-state index is -0.285. The second-order valence-corrected chi connectivity index (χ2v) is 9.77. The highest BCUT2D eigenvalue weighted by Gasteiger charge is 2.26. The van der Waals surface area contributed by atoms with E-state index in [-0.39, 0.29) is 29.6 Å². The Morgan fingerprint density at radius 2 is 2.00 bits per heavy atom. The SMILES string of the molecule is CC1CCN(c2nnc(SCC(=O)NC(C)c3ccc(F)cc3)n2CC2CCCO2)CC1. The van der Waals surface area contributed by atoms with Crippen molar-refractivity contribution in [3.05, 3.63) is 35.6 Å². The van der Waals surface area contributed by atoms with Crippen LogP contribution in [0.25, 0.3) is 0 Å². The van der Waals surface area contributed by atoms with E-state index >= 15 is 0 Å². The molecule has 2 saturated heterocycles. The van der Waals surface area contributed by atoms with Crippen molar-refractivity contribution < 1.29 is 13.9 Å². The van der Waals surface area contributed by atoms with Crippen molar-refractivity contribution >= 4 is 23.6 Å². The lowest BCUT2D eigenvalue weighted by Crippen LogP contribution is -2.35. The molecular formula is C23H32FN5O2S. The van der Waals surface area contributed by atoms with E-state index in [0.717, 1.165) is 68.0 Å². The van der Waals surface area contributed by atoms with Gasteiger partial charge < -0.3 is 15.0 Å². The number of anilines is 1. The zero-order valence-corrected chi connectivity index (χ0v) is 19.6. The van der Waals surface area contributed by atoms with Gasteiger partial charge in [-0.15, -0.1) is 10.2 Å². The normalized spacial score (nSPS) is 20.5. The minimum absolute atomic E-state index is 0.0909. The zero-order chi connectivity index (χ0) is 22.5. The first-order chi connectivity index (χ1) is 15.5. The molecule has 0 spiro atoms. The summed E-state index contributed by atoms with van der Waals surface area (Å²) in [4.78, 5) is 14.9. The number of hydrogen-bond donors (Lipinski definition) is 1. The number of nitrogens with zero attached hydrogens (tertiary/aromatic N) is 4. The van der Waals surface area contributed by atoms with E-state index in [1.165, 1.54) is 23.9 Å². The van der Waals surface area contributed by atoms with E-state index in [0.29, 0.717) is 6.54 Å². The predicted octanol–water partition coefficient (Wildman–Crippen LogP) is 3.80. The monoisotopic (exact) mass is 461 g/mol. The van der Waals surface area contributed by atoms with Gasteiger partial charge in [0, 0.05) is 19.7 Å². The van der Waals surface area contributed by atoms with Gasteiger partial charge in [0.15, 0.2) is 5.16 Å². The third kappa shape index (κ3) is 5.81. The lowest BCUT2D eigenvalue weighted by Gasteiger charge is -2.31. The Morgan fingerprint density at radius 3 is 2.69 bits per heavy atom. The molecule has 0 aliphatic carbocycles. The maximum Gasteiger partial charge on any atom is 0.230 e. The van der Waals surface area contributed by atoms with Crippen LogP contribution in [0.5, 0.6) is 0 Å². The van der Waals surface area contributed by atoms with Crippen LogP contribution >= 0.6 is 11.8 Å². The smallest absolute Gasteiger partial charge is 0.230 e. The van der Waals surface area contributed by atoms with Crippen LogP contribution in [0.1, 0.15) is 51.1 Å². The predicted molar refractivity (Wildman–Crippen MR) is 123 cm³/mol. The highest BCUT2D eigenvalue weighted by molar-refractivity contribution is 7.99. The molecule has 2 aliphatic heterocycles. The maximum atomic E-state index is 13.1. The van der Waals surface area contributed by atoms with Crippen LogP contribution in [0.15, 0.2) is 29.4 Å². The van der Waals surface area contributed by atoms with Gasteiger partial charge in [-0.25, -0.2) is 4.39 Å². The molecule has 0 saturated carbocycles. The van der Waals surface area contributed by atoms with Crippen LogP contribution in [0.4, 0.5) is 10.3 Å². The number of rotatable bonds is 8. The number of benzene rings is 1. The van der Waals surface area contributed by atoms with Gasteiger partial charge in [-0.2, -0.15) is 0 Å². The molecule has 1 N–H and O–H groups in total. The molecule has 1 aromatic heterocycles. The van der Waals surface area contributed by atoms with E-state index in [4.69, 9.17) is 4.74 Å². The highest BCUT2D eigenvalue weighted by atomic mass is 32.2. The Bertz CT molecular complexity index is 892. The first kappa shape index (κ1) is 23.0. The van der Waals surface area contributed by atoms with Gasteiger partial charge >= 0.3 is 0 Å². The van der Waals surface area contributed by atoms with Gasteiger partial charge in [0.05, 0.1) is 24.4 Å². The summed E-state index contributed by atoms with van der Waals surface area (Å²) >= 11 is 1.40. The van der Waals surface area contributed by atoms with Gasteiger partial charge in [-0.05, 0) is 56.2 Å². The Hall–Kier alpha value is -2.13. The molecule has 2 fully saturated rings. The van der Waals surface area contributed by atoms with Crippen LogP contribution in [0.3, 0.4) is 0 Å². The number of piperidine rings is 1. The largest absolute Gasteiger partial charge is 0.376 e. The number of ether oxygens (including phenoxy) is 1. The molecular weight excluding hydrogens is 429 g/mol. The number of aromatic nitrogens is 3. The Balaban J connectivity index is 1.40. The molecule has 9 heteroatoms. The molecule has 3 heterocycles. The number of amides is 1. The first-order valence-electron chi connectivity index (χ1n) is 11.5. The number of halogens is 1. The van der Waals surface area contributed by atoms with Crippen molar-refractivity contribution in [2.45, 2.75) is 63.4 Å². The third-order valence-corrected chi connectivity index (χ3v) is 7.22. The molecule has 0 radical (unpaired) electrons. The summed E-state index contributed by atoms with van der Waals surface area (Å²) < 4.78 is 21.1. The van der Waals surface area contributed by atoms with Gasteiger partial charge in [0.25, 0.3) is 0 Å². The fourth-order valence-electron chi connectivity index (χ4n) is 4.23. The topological polar surface area (TPSA) is 72.3 Å². The van der Waals surface area contributed by atoms with Crippen molar-refractivity contribution in [2.75, 3.05) is 30.3 Å². The first-order valence-corrected chi connectivity index (χ1v) is 12.5. The van der Waals surface area contributed by atoms with E-state index < -0.39 is 0 Å². The van der Waals surface area contributed by atoms with Crippen LogP contribution in [0.2, 0.25) is 0 Å². The summed E-state index contributed by atoms with van der Waals surface area (Å²) in [7, 11) is 0. The van der Waals surface area contributed by atoms with Crippen molar-refractivity contribution in [3.8, 4) is 0 Å². The number of hydrogen-bond acceptors (Lipinski definition) is 6. The minimum Gasteiger partial charge on any atom is -0.376 e. The molecule has 7 nitrogen and oxygen atoms in total. The van der Waals surface area contributed by atoms with Gasteiger partial charge in [-0.1, -0.05) is 30.8 Å². The number of nitrogens with one attached hydrogen (secondary N) is 1. The van der Waals surface area contributed by atoms with Crippen molar-refractivity contribution in [3.63, 3.8) is 0 Å². The van der Waals surface area contributed by atoms with Crippen LogP contribution in [-0.4, -0.2) is 52.2 Å². The molecule has 1 amide bonds. The fraction of sp³-hybridized carbons (Fsp3) is 0.609. The van der Waals surface area contributed by atoms with Crippen LogP contribution < -0.4 is 10.2 Å². The average Bonchev–Trinajstić information content (AvgIpc) is 3.44. The molecule has 4 rings (SSSR count). The van der Waals surface area contributed by atoms with Crippen molar-refractivity contribution in [1.29, 1.82) is 0 Å². The molecule has 2 unspecified atom stereocenters. The Kier molecular flexibility index (Phi) is 7.67. The average molecular weight is 462 g/mol. The summed E-state index contributed by atoms with van der Waals surface area (Å²) in [5.41, 5.74) is 0.868. The summed E-state index contributed by atoms with van der Waals surface area (Å²) in [6.45, 7) is 7.66. The molecule has 174 valence electrons. The van der Waals surface area contributed by atoms with Gasteiger partial charge in [0.1, 0.15) is 5.82 Å². The van der Waals surface area contributed by atoms with E-state index in [9.17, 15) is 9.18 Å². The molecule has 1 aromatic carbocycles. The van der Waals surface area contributed by atoms with E-state index in [2.05, 4.69) is 31.9 Å². The maximum absolute atomic E-state index is 13.1. The summed E-state index contributed by atoms with van der Waals surface area (Å²) in [6.07, 6.45) is 4.59. The van der Waals surface area contributed by atoms with Crippen LogP contribution in [0, 0.1) is 11.7 Å². The molecule has 2 aromatic rings. The number of carbonyl (C=O) groups excluding carboxylic acids is 1. The van der Waals surface area contributed by atoms with Gasteiger partial charge in [0.2, 0.25) is 11.9 Å². The standard InChI is InChI=1S/C23H32FN5O2S/c1-16-9-11-28(12-10-16)22-26-27-23(29(22)14-20-4-3-13-31-20)32-15-21(30)25-17(2)18-5-7-19(24)8-6-18/h5-8,16-17,20H,3-4,9-15H2,1-2H3,(H,25,30). The number of carbonyl (C=O) groups is 1. The van der Waals surface area contributed by atoms with Crippen LogP contribution in [-0.2, 0) is 16.1 Å². The molecule has 32 heavy (non-hydrogen) atoms. The fourth-order valence-corrected chi connectivity index (χ4v) is 4.98. The lowest BCUT2D eigenvalue weighted by molar-refractivity contribution is -0.119. The third-order valence-electron chi connectivity index (χ3n) is 6.25. The summed E-state index contributed by atoms with van der Waals surface area (Å²) in [5, 5.41) is 12.7. The second-order valence-electron chi connectivity index (χ2n) is 8.83. The number of thioether (sulfide) groups is 1. The molecule has 2 aliphatic rings. The Labute approximate surface area is 193 Å². The lowest BCUT2D eigenvalue weighted by atomic mass is 10.00. The molecule has 2 atom stereocenters. The van der Waals surface area contributed by atoms with Crippen molar-refractivity contribution in [2.24, 2.45) is 5.92 Å². The quantitative estimate of drug-likeness (QED) is 0.603. The molecule has 0 bridgehead atoms. The van der Waals surface area contributed by atoms with E-state index in [1.807, 2.05) is 6.92 Å². The highest BCUT2D eigenvalue weighted by Crippen LogP contribution is 2.28.